The molecule has 0 unspecified atom stereocenters. The van der Waals surface area contributed by atoms with Crippen LogP contribution in [0.2, 0.25) is 0 Å². The number of halogens is 1. The first-order valence-electron chi connectivity index (χ1n) is 10.5. The van der Waals surface area contributed by atoms with E-state index in [1.807, 2.05) is 52.6 Å². The second kappa shape index (κ2) is 8.35. The molecule has 2 aromatic carbocycles. The molecule has 1 atom stereocenters. The molecule has 5 nitrogen and oxygen atoms in total. The summed E-state index contributed by atoms with van der Waals surface area (Å²) in [6, 6.07) is 17.6. The summed E-state index contributed by atoms with van der Waals surface area (Å²) in [5, 5.41) is 5.96. The second-order valence-corrected chi connectivity index (χ2v) is 10.00. The van der Waals surface area contributed by atoms with Gasteiger partial charge < -0.3 is 9.88 Å². The molecule has 0 saturated carbocycles. The lowest BCUT2D eigenvalue weighted by Crippen LogP contribution is -2.64. The van der Waals surface area contributed by atoms with Gasteiger partial charge in [0.25, 0.3) is 5.91 Å². The Morgan fingerprint density at radius 3 is 2.73 bits per heavy atom. The van der Waals surface area contributed by atoms with Gasteiger partial charge in [-0.05, 0) is 66.6 Å². The Bertz CT molecular complexity index is 1360. The van der Waals surface area contributed by atoms with Crippen molar-refractivity contribution in [3.8, 4) is 0 Å². The molecule has 0 radical (unpaired) electrons. The van der Waals surface area contributed by atoms with Crippen molar-refractivity contribution in [3.05, 3.63) is 83.1 Å². The number of carbonyl (C=O) groups excluding carboxylic acids is 2. The highest BCUT2D eigenvalue weighted by Crippen LogP contribution is 2.38. The number of thiophene rings is 1. The van der Waals surface area contributed by atoms with Crippen LogP contribution in [0.3, 0.4) is 0 Å². The van der Waals surface area contributed by atoms with E-state index in [9.17, 15) is 14.0 Å². The maximum Gasteiger partial charge on any atom is 0.275 e. The summed E-state index contributed by atoms with van der Waals surface area (Å²) < 4.78 is 15.2. The fraction of sp³-hybridized carbons (Fsp3) is 0.200. The third-order valence-corrected chi connectivity index (χ3v) is 7.73. The highest BCUT2D eigenvalue weighted by Gasteiger charge is 2.48. The number of fused-ring (bicyclic) bond motifs is 3. The van der Waals surface area contributed by atoms with E-state index in [-0.39, 0.29) is 24.2 Å². The van der Waals surface area contributed by atoms with Crippen LogP contribution in [-0.2, 0) is 17.9 Å². The summed E-state index contributed by atoms with van der Waals surface area (Å²) >= 11 is 3.14. The predicted octanol–water partition coefficient (Wildman–Crippen LogP) is 5.30. The van der Waals surface area contributed by atoms with Crippen molar-refractivity contribution in [2.75, 3.05) is 11.2 Å². The largest absolute Gasteiger partial charge is 0.350 e. The number of thioether (sulfide) groups is 1. The van der Waals surface area contributed by atoms with Gasteiger partial charge in [0, 0.05) is 22.5 Å². The van der Waals surface area contributed by atoms with Crippen LogP contribution in [-0.4, -0.2) is 28.2 Å². The maximum absolute atomic E-state index is 13.8. The van der Waals surface area contributed by atoms with Crippen molar-refractivity contribution in [3.63, 3.8) is 0 Å². The maximum atomic E-state index is 13.8. The lowest BCUT2D eigenvalue weighted by Gasteiger charge is -2.44. The van der Waals surface area contributed by atoms with E-state index in [4.69, 9.17) is 0 Å². The lowest BCUT2D eigenvalue weighted by atomic mass is 9.93. The van der Waals surface area contributed by atoms with Crippen molar-refractivity contribution >= 4 is 50.8 Å². The molecular weight excluding hydrogens is 457 g/mol. The number of rotatable bonds is 5. The second-order valence-electron chi connectivity index (χ2n) is 8.22. The molecule has 1 N–H and O–H groups in total. The standard InChI is InChI=1S/C25H22FN3O2S2/c1-25(24(31)27-14-16-6-8-18(26)9-7-16)15-28-21(12-17-10-11-33-23(17)28)22(30)29(25)19-4-3-5-20(13-19)32-2/h3-13H,14-15H2,1-2H3,(H,27,31)/t25-/m1/s1. The van der Waals surface area contributed by atoms with Crippen LogP contribution in [0.1, 0.15) is 23.0 Å². The summed E-state index contributed by atoms with van der Waals surface area (Å²) in [6.07, 6.45) is 1.98. The number of amides is 2. The molecule has 0 bridgehead atoms. The molecule has 3 heterocycles. The first-order valence-corrected chi connectivity index (χ1v) is 12.6. The Hall–Kier alpha value is -3.10. The van der Waals surface area contributed by atoms with Gasteiger partial charge in [0.05, 0.1) is 6.54 Å². The molecule has 0 fully saturated rings. The van der Waals surface area contributed by atoms with E-state index >= 15 is 0 Å². The van der Waals surface area contributed by atoms with Crippen LogP contribution >= 0.6 is 23.1 Å². The van der Waals surface area contributed by atoms with Gasteiger partial charge in [0.15, 0.2) is 0 Å². The van der Waals surface area contributed by atoms with Gasteiger partial charge in [0.2, 0.25) is 5.91 Å². The monoisotopic (exact) mass is 479 g/mol. The number of hydrogen-bond donors (Lipinski definition) is 1. The Morgan fingerprint density at radius 1 is 1.18 bits per heavy atom. The third-order valence-electron chi connectivity index (χ3n) is 6.05. The number of hydrogen-bond acceptors (Lipinski definition) is 4. The van der Waals surface area contributed by atoms with Gasteiger partial charge in [-0.15, -0.1) is 23.1 Å². The molecule has 0 saturated heterocycles. The number of anilines is 1. The zero-order valence-electron chi connectivity index (χ0n) is 18.2. The molecule has 168 valence electrons. The predicted molar refractivity (Wildman–Crippen MR) is 131 cm³/mol. The van der Waals surface area contributed by atoms with E-state index in [0.29, 0.717) is 17.9 Å². The summed E-state index contributed by atoms with van der Waals surface area (Å²) in [5.41, 5.74) is 0.892. The fourth-order valence-corrected chi connectivity index (χ4v) is 5.68. The molecule has 5 rings (SSSR count). The van der Waals surface area contributed by atoms with Gasteiger partial charge in [-0.25, -0.2) is 4.39 Å². The summed E-state index contributed by atoms with van der Waals surface area (Å²) in [5.74, 6) is -0.795. The topological polar surface area (TPSA) is 54.3 Å². The Labute approximate surface area is 199 Å². The minimum absolute atomic E-state index is 0.206. The van der Waals surface area contributed by atoms with Crippen LogP contribution in [0, 0.1) is 5.82 Å². The molecule has 4 aromatic rings. The highest BCUT2D eigenvalue weighted by molar-refractivity contribution is 7.98. The van der Waals surface area contributed by atoms with E-state index in [1.165, 1.54) is 12.1 Å². The molecule has 2 aromatic heterocycles. The fourth-order valence-electron chi connectivity index (χ4n) is 4.33. The number of benzene rings is 2. The zero-order chi connectivity index (χ0) is 23.2. The molecular formula is C25H22FN3O2S2. The highest BCUT2D eigenvalue weighted by atomic mass is 32.2. The van der Waals surface area contributed by atoms with Gasteiger partial charge in [-0.3, -0.25) is 14.5 Å². The molecule has 1 aliphatic heterocycles. The Kier molecular flexibility index (Phi) is 5.50. The summed E-state index contributed by atoms with van der Waals surface area (Å²) in [4.78, 5) is 31.1. The number of carbonyl (C=O) groups is 2. The minimum atomic E-state index is -1.16. The smallest absolute Gasteiger partial charge is 0.275 e. The molecule has 0 aliphatic carbocycles. The Balaban J connectivity index is 1.56. The Morgan fingerprint density at radius 2 is 1.97 bits per heavy atom. The molecule has 0 spiro atoms. The van der Waals surface area contributed by atoms with Gasteiger partial charge in [0.1, 0.15) is 21.9 Å². The van der Waals surface area contributed by atoms with Crippen molar-refractivity contribution in [2.45, 2.75) is 30.4 Å². The van der Waals surface area contributed by atoms with Crippen molar-refractivity contribution < 1.29 is 14.0 Å². The molecule has 2 amide bonds. The van der Waals surface area contributed by atoms with Crippen molar-refractivity contribution in [1.29, 1.82) is 0 Å². The van der Waals surface area contributed by atoms with E-state index in [1.54, 1.807) is 47.1 Å². The number of nitrogens with one attached hydrogen (secondary N) is 1. The van der Waals surface area contributed by atoms with Gasteiger partial charge in [-0.1, -0.05) is 18.2 Å². The van der Waals surface area contributed by atoms with Gasteiger partial charge in [-0.2, -0.15) is 0 Å². The van der Waals surface area contributed by atoms with E-state index < -0.39 is 5.54 Å². The van der Waals surface area contributed by atoms with Crippen LogP contribution in [0.25, 0.3) is 10.2 Å². The number of nitrogens with zero attached hydrogens (tertiary/aromatic N) is 2. The minimum Gasteiger partial charge on any atom is -0.350 e. The van der Waals surface area contributed by atoms with Crippen LogP contribution in [0.5, 0.6) is 0 Å². The quantitative estimate of drug-likeness (QED) is 0.395. The van der Waals surface area contributed by atoms with E-state index in [0.717, 1.165) is 20.7 Å². The summed E-state index contributed by atoms with van der Waals surface area (Å²) in [7, 11) is 0. The average Bonchev–Trinajstić information content (AvgIpc) is 3.41. The van der Waals surface area contributed by atoms with Crippen molar-refractivity contribution in [1.82, 2.24) is 9.88 Å². The van der Waals surface area contributed by atoms with Crippen molar-refractivity contribution in [2.24, 2.45) is 0 Å². The zero-order valence-corrected chi connectivity index (χ0v) is 19.8. The first-order chi connectivity index (χ1) is 15.9. The molecule has 1 aliphatic rings. The van der Waals surface area contributed by atoms with Crippen LogP contribution in [0.15, 0.2) is 70.9 Å². The molecule has 8 heteroatoms. The third kappa shape index (κ3) is 3.73. The molecule has 33 heavy (non-hydrogen) atoms. The lowest BCUT2D eigenvalue weighted by molar-refractivity contribution is -0.126. The van der Waals surface area contributed by atoms with E-state index in [2.05, 4.69) is 5.32 Å². The normalized spacial score (nSPS) is 17.9. The number of aromatic nitrogens is 1. The van der Waals surface area contributed by atoms with Gasteiger partial charge >= 0.3 is 0 Å². The summed E-state index contributed by atoms with van der Waals surface area (Å²) in [6.45, 7) is 2.38. The van der Waals surface area contributed by atoms with Crippen LogP contribution in [0.4, 0.5) is 10.1 Å². The van der Waals surface area contributed by atoms with Crippen LogP contribution < -0.4 is 10.2 Å². The average molecular weight is 480 g/mol. The first kappa shape index (κ1) is 21.7. The SMILES string of the molecule is CSc1cccc(N2C(=O)c3cc4ccsc4n3C[C@]2(C)C(=O)NCc2ccc(F)cc2)c1.